The Bertz CT molecular complexity index is 384. The second-order valence-electron chi connectivity index (χ2n) is 5.55. The Balaban J connectivity index is 1.65. The summed E-state index contributed by atoms with van der Waals surface area (Å²) < 4.78 is 0. The molecule has 0 bridgehead atoms. The van der Waals surface area contributed by atoms with Crippen LogP contribution in [0.5, 0.6) is 5.75 Å². The van der Waals surface area contributed by atoms with E-state index in [-0.39, 0.29) is 0 Å². The lowest BCUT2D eigenvalue weighted by molar-refractivity contribution is 0.206. The van der Waals surface area contributed by atoms with E-state index in [0.717, 1.165) is 6.54 Å². The standard InChI is InChI=1S/C15H22N2O/c18-13-7-5-12(6-8-13)11-17-10-2-4-15(17)14-3-1-9-16-14/h5-8,14-16,18H,1-4,9-11H2. The highest BCUT2D eigenvalue weighted by Gasteiger charge is 2.32. The normalized spacial score (nSPS) is 28.9. The molecule has 0 saturated carbocycles. The van der Waals surface area contributed by atoms with Crippen LogP contribution in [0.25, 0.3) is 0 Å². The average molecular weight is 246 g/mol. The molecule has 0 spiro atoms. The van der Waals surface area contributed by atoms with Gasteiger partial charge in [-0.05, 0) is 56.5 Å². The second kappa shape index (κ2) is 5.29. The van der Waals surface area contributed by atoms with E-state index in [0.29, 0.717) is 17.8 Å². The molecule has 3 heteroatoms. The topological polar surface area (TPSA) is 35.5 Å². The number of likely N-dealkylation sites (tertiary alicyclic amines) is 1. The van der Waals surface area contributed by atoms with Gasteiger partial charge in [0.1, 0.15) is 5.75 Å². The van der Waals surface area contributed by atoms with Crippen molar-refractivity contribution >= 4 is 0 Å². The monoisotopic (exact) mass is 246 g/mol. The fourth-order valence-electron chi connectivity index (χ4n) is 3.38. The van der Waals surface area contributed by atoms with Gasteiger partial charge in [0.15, 0.2) is 0 Å². The number of nitrogens with zero attached hydrogens (tertiary/aromatic N) is 1. The number of hydrogen-bond donors (Lipinski definition) is 2. The molecular formula is C15H22N2O. The van der Waals surface area contributed by atoms with Crippen LogP contribution in [0.1, 0.15) is 31.2 Å². The number of hydrogen-bond acceptors (Lipinski definition) is 3. The van der Waals surface area contributed by atoms with E-state index < -0.39 is 0 Å². The Morgan fingerprint density at radius 2 is 2.00 bits per heavy atom. The first kappa shape index (κ1) is 12.0. The maximum atomic E-state index is 9.32. The first-order chi connectivity index (χ1) is 8.83. The molecule has 2 atom stereocenters. The summed E-state index contributed by atoms with van der Waals surface area (Å²) in [4.78, 5) is 2.61. The highest BCUT2D eigenvalue weighted by atomic mass is 16.3. The van der Waals surface area contributed by atoms with Gasteiger partial charge in [-0.15, -0.1) is 0 Å². The van der Waals surface area contributed by atoms with Gasteiger partial charge in [-0.3, -0.25) is 4.90 Å². The highest BCUT2D eigenvalue weighted by molar-refractivity contribution is 5.26. The summed E-state index contributed by atoms with van der Waals surface area (Å²) in [6.07, 6.45) is 5.31. The van der Waals surface area contributed by atoms with Crippen molar-refractivity contribution in [2.24, 2.45) is 0 Å². The van der Waals surface area contributed by atoms with E-state index in [2.05, 4.69) is 10.2 Å². The summed E-state index contributed by atoms with van der Waals surface area (Å²) in [5.74, 6) is 0.356. The van der Waals surface area contributed by atoms with Crippen LogP contribution in [0.4, 0.5) is 0 Å². The molecule has 3 nitrogen and oxygen atoms in total. The van der Waals surface area contributed by atoms with Crippen molar-refractivity contribution in [3.63, 3.8) is 0 Å². The first-order valence-electron chi connectivity index (χ1n) is 7.08. The molecule has 18 heavy (non-hydrogen) atoms. The lowest BCUT2D eigenvalue weighted by Gasteiger charge is -2.29. The van der Waals surface area contributed by atoms with E-state index in [1.807, 2.05) is 12.1 Å². The van der Waals surface area contributed by atoms with Gasteiger partial charge in [-0.1, -0.05) is 12.1 Å². The predicted molar refractivity (Wildman–Crippen MR) is 72.6 cm³/mol. The third-order valence-electron chi connectivity index (χ3n) is 4.30. The Morgan fingerprint density at radius 3 is 2.72 bits per heavy atom. The minimum Gasteiger partial charge on any atom is -0.508 e. The van der Waals surface area contributed by atoms with Gasteiger partial charge in [0.25, 0.3) is 0 Å². The Morgan fingerprint density at radius 1 is 1.17 bits per heavy atom. The molecule has 0 aromatic heterocycles. The maximum Gasteiger partial charge on any atom is 0.115 e. The second-order valence-corrected chi connectivity index (χ2v) is 5.55. The van der Waals surface area contributed by atoms with Crippen molar-refractivity contribution < 1.29 is 5.11 Å². The van der Waals surface area contributed by atoms with Crippen LogP contribution in [0.2, 0.25) is 0 Å². The molecule has 2 unspecified atom stereocenters. The summed E-state index contributed by atoms with van der Waals surface area (Å²) in [7, 11) is 0. The quantitative estimate of drug-likeness (QED) is 0.857. The van der Waals surface area contributed by atoms with Crippen LogP contribution >= 0.6 is 0 Å². The number of aromatic hydroxyl groups is 1. The number of phenols is 1. The van der Waals surface area contributed by atoms with Crippen LogP contribution in [0.15, 0.2) is 24.3 Å². The Hall–Kier alpha value is -1.06. The van der Waals surface area contributed by atoms with Crippen molar-refractivity contribution in [3.05, 3.63) is 29.8 Å². The third kappa shape index (κ3) is 2.52. The lowest BCUT2D eigenvalue weighted by Crippen LogP contribution is -2.43. The molecule has 2 heterocycles. The SMILES string of the molecule is Oc1ccc(CN2CCCC2C2CCCN2)cc1. The molecule has 1 aromatic rings. The van der Waals surface area contributed by atoms with Crippen LogP contribution in [0, 0.1) is 0 Å². The minimum atomic E-state index is 0.356. The van der Waals surface area contributed by atoms with Crippen LogP contribution in [0.3, 0.4) is 0 Å². The van der Waals surface area contributed by atoms with Crippen molar-refractivity contribution in [3.8, 4) is 5.75 Å². The van der Waals surface area contributed by atoms with E-state index in [9.17, 15) is 5.11 Å². The number of rotatable bonds is 3. The van der Waals surface area contributed by atoms with Gasteiger partial charge in [0.05, 0.1) is 0 Å². The summed E-state index contributed by atoms with van der Waals surface area (Å²) in [5, 5.41) is 13.0. The molecule has 98 valence electrons. The fraction of sp³-hybridized carbons (Fsp3) is 0.600. The first-order valence-corrected chi connectivity index (χ1v) is 7.08. The van der Waals surface area contributed by atoms with E-state index in [1.165, 1.54) is 44.3 Å². The van der Waals surface area contributed by atoms with Crippen molar-refractivity contribution in [1.82, 2.24) is 10.2 Å². The largest absolute Gasteiger partial charge is 0.508 e. The molecule has 2 fully saturated rings. The van der Waals surface area contributed by atoms with Gasteiger partial charge in [-0.2, -0.15) is 0 Å². The van der Waals surface area contributed by atoms with E-state index in [1.54, 1.807) is 12.1 Å². The molecule has 0 amide bonds. The average Bonchev–Trinajstić information content (AvgIpc) is 3.02. The highest BCUT2D eigenvalue weighted by Crippen LogP contribution is 2.26. The number of benzene rings is 1. The Labute approximate surface area is 109 Å². The van der Waals surface area contributed by atoms with Crippen molar-refractivity contribution in [2.45, 2.75) is 44.3 Å². The lowest BCUT2D eigenvalue weighted by atomic mass is 10.0. The van der Waals surface area contributed by atoms with Gasteiger partial charge in [0.2, 0.25) is 0 Å². The molecule has 2 N–H and O–H groups in total. The zero-order chi connectivity index (χ0) is 12.4. The molecule has 2 aliphatic heterocycles. The summed E-state index contributed by atoms with van der Waals surface area (Å²) >= 11 is 0. The number of phenolic OH excluding ortho intramolecular Hbond substituents is 1. The van der Waals surface area contributed by atoms with E-state index in [4.69, 9.17) is 0 Å². The smallest absolute Gasteiger partial charge is 0.115 e. The maximum absolute atomic E-state index is 9.32. The summed E-state index contributed by atoms with van der Waals surface area (Å²) in [6.45, 7) is 3.42. The molecule has 0 radical (unpaired) electrons. The fourth-order valence-corrected chi connectivity index (χ4v) is 3.38. The molecule has 0 aliphatic carbocycles. The van der Waals surface area contributed by atoms with Crippen LogP contribution < -0.4 is 5.32 Å². The van der Waals surface area contributed by atoms with Gasteiger partial charge < -0.3 is 10.4 Å². The molecular weight excluding hydrogens is 224 g/mol. The van der Waals surface area contributed by atoms with Gasteiger partial charge in [-0.25, -0.2) is 0 Å². The number of nitrogens with one attached hydrogen (secondary N) is 1. The van der Waals surface area contributed by atoms with Crippen LogP contribution in [-0.2, 0) is 6.54 Å². The predicted octanol–water partition coefficient (Wildman–Crippen LogP) is 2.11. The van der Waals surface area contributed by atoms with Crippen molar-refractivity contribution in [1.29, 1.82) is 0 Å². The van der Waals surface area contributed by atoms with Crippen LogP contribution in [-0.4, -0.2) is 35.2 Å². The van der Waals surface area contributed by atoms with Gasteiger partial charge >= 0.3 is 0 Å². The third-order valence-corrected chi connectivity index (χ3v) is 4.30. The summed E-state index contributed by atoms with van der Waals surface area (Å²) in [5.41, 5.74) is 1.30. The molecule has 3 rings (SSSR count). The van der Waals surface area contributed by atoms with Gasteiger partial charge in [0, 0.05) is 18.6 Å². The van der Waals surface area contributed by atoms with Crippen molar-refractivity contribution in [2.75, 3.05) is 13.1 Å². The summed E-state index contributed by atoms with van der Waals surface area (Å²) in [6, 6.07) is 9.05. The molecule has 2 aliphatic rings. The van der Waals surface area contributed by atoms with E-state index >= 15 is 0 Å². The zero-order valence-electron chi connectivity index (χ0n) is 10.8. The Kier molecular flexibility index (Phi) is 3.52. The minimum absolute atomic E-state index is 0.356. The zero-order valence-corrected chi connectivity index (χ0v) is 10.8. The molecule has 2 saturated heterocycles. The molecule has 1 aromatic carbocycles.